The van der Waals surface area contributed by atoms with Crippen molar-refractivity contribution in [2.75, 3.05) is 11.4 Å². The molecule has 0 aromatic heterocycles. The molecule has 3 saturated carbocycles. The van der Waals surface area contributed by atoms with Gasteiger partial charge in [-0.1, -0.05) is 31.6 Å². The summed E-state index contributed by atoms with van der Waals surface area (Å²) in [7, 11) is 0. The molecule has 6 nitrogen and oxygen atoms in total. The summed E-state index contributed by atoms with van der Waals surface area (Å²) in [5, 5.41) is 23.5. The number of nitrogens with one attached hydrogen (secondary N) is 1. The SMILES string of the molecule is CC(C)(C)NC(=O)CN(C(=O)[C@H]1CC[C@H]2[C@@H]3CC=C4C[C@@H](O)CC[C@]4(C)[C@H]3CC[C@]12C)c1cccc(O)c1. The summed E-state index contributed by atoms with van der Waals surface area (Å²) in [4.78, 5) is 28.9. The zero-order valence-corrected chi connectivity index (χ0v) is 23.8. The van der Waals surface area contributed by atoms with Gasteiger partial charge in [-0.3, -0.25) is 9.59 Å². The number of phenolic OH excluding ortho intramolecular Hbond substituents is 1. The van der Waals surface area contributed by atoms with Crippen molar-refractivity contribution >= 4 is 17.5 Å². The van der Waals surface area contributed by atoms with E-state index in [2.05, 4.69) is 25.2 Å². The van der Waals surface area contributed by atoms with Crippen LogP contribution in [0.3, 0.4) is 0 Å². The molecule has 0 bridgehead atoms. The van der Waals surface area contributed by atoms with Crippen molar-refractivity contribution in [3.8, 4) is 5.75 Å². The van der Waals surface area contributed by atoms with Crippen LogP contribution >= 0.6 is 0 Å². The lowest BCUT2D eigenvalue weighted by molar-refractivity contribution is -0.131. The third-order valence-electron chi connectivity index (χ3n) is 10.6. The van der Waals surface area contributed by atoms with Crippen LogP contribution in [0.1, 0.15) is 86.0 Å². The standard InChI is InChI=1S/C32H46N2O4/c1-30(2,3)33-28(37)19-34(21-7-6-8-22(35)18-21)29(38)27-12-11-25-24-10-9-20-17-23(36)13-15-31(20,4)26(24)14-16-32(25,27)5/h6-9,18,23-27,35-36H,10-17,19H2,1-5H3,(H,33,37)/t23-,24-,25-,26-,27+,31-,32-/m0/s1. The Morgan fingerprint density at radius 2 is 1.84 bits per heavy atom. The number of aliphatic hydroxyl groups is 1. The molecule has 6 heteroatoms. The molecule has 3 fully saturated rings. The Labute approximate surface area is 227 Å². The summed E-state index contributed by atoms with van der Waals surface area (Å²) in [6.45, 7) is 10.5. The van der Waals surface area contributed by atoms with Crippen LogP contribution in [-0.2, 0) is 9.59 Å². The van der Waals surface area contributed by atoms with Crippen LogP contribution in [0.4, 0.5) is 5.69 Å². The molecule has 3 N–H and O–H groups in total. The fourth-order valence-corrected chi connectivity index (χ4v) is 8.79. The summed E-state index contributed by atoms with van der Waals surface area (Å²) in [6.07, 6.45) is 10.0. The van der Waals surface area contributed by atoms with Crippen LogP contribution in [0.2, 0.25) is 0 Å². The molecule has 2 amide bonds. The summed E-state index contributed by atoms with van der Waals surface area (Å²) >= 11 is 0. The van der Waals surface area contributed by atoms with Gasteiger partial charge in [0.2, 0.25) is 11.8 Å². The number of nitrogens with zero attached hydrogens (tertiary/aromatic N) is 1. The summed E-state index contributed by atoms with van der Waals surface area (Å²) < 4.78 is 0. The first-order valence-corrected chi connectivity index (χ1v) is 14.6. The number of amides is 2. The van der Waals surface area contributed by atoms with Gasteiger partial charge >= 0.3 is 0 Å². The van der Waals surface area contributed by atoms with E-state index in [1.54, 1.807) is 29.2 Å². The summed E-state index contributed by atoms with van der Waals surface area (Å²) in [5.41, 5.74) is 1.70. The maximum Gasteiger partial charge on any atom is 0.240 e. The number of allylic oxidation sites excluding steroid dienone is 1. The lowest BCUT2D eigenvalue weighted by atomic mass is 9.47. The second kappa shape index (κ2) is 9.69. The highest BCUT2D eigenvalue weighted by Crippen LogP contribution is 2.66. The largest absolute Gasteiger partial charge is 0.508 e. The number of anilines is 1. The van der Waals surface area contributed by atoms with E-state index in [1.807, 2.05) is 20.8 Å². The number of benzene rings is 1. The minimum absolute atomic E-state index is 0.00199. The van der Waals surface area contributed by atoms with Crippen molar-refractivity contribution in [3.05, 3.63) is 35.9 Å². The fraction of sp³-hybridized carbons (Fsp3) is 0.688. The van der Waals surface area contributed by atoms with E-state index < -0.39 is 5.54 Å². The highest BCUT2D eigenvalue weighted by atomic mass is 16.3. The quantitative estimate of drug-likeness (QED) is 0.451. The van der Waals surface area contributed by atoms with Crippen LogP contribution in [0, 0.1) is 34.5 Å². The molecule has 1 aromatic rings. The zero-order valence-electron chi connectivity index (χ0n) is 23.8. The van der Waals surface area contributed by atoms with Crippen molar-refractivity contribution in [3.63, 3.8) is 0 Å². The highest BCUT2D eigenvalue weighted by molar-refractivity contribution is 6.00. The van der Waals surface area contributed by atoms with E-state index in [9.17, 15) is 19.8 Å². The lowest BCUT2D eigenvalue weighted by Crippen LogP contribution is -2.53. The smallest absolute Gasteiger partial charge is 0.240 e. The monoisotopic (exact) mass is 522 g/mol. The second-order valence-corrected chi connectivity index (χ2v) is 14.1. The molecular formula is C32H46N2O4. The van der Waals surface area contributed by atoms with Gasteiger partial charge in [-0.2, -0.15) is 0 Å². The molecule has 0 radical (unpaired) electrons. The maximum atomic E-state index is 14.3. The average molecular weight is 523 g/mol. The molecule has 0 heterocycles. The molecule has 0 spiro atoms. The average Bonchev–Trinajstić information content (AvgIpc) is 3.18. The zero-order chi connectivity index (χ0) is 27.5. The van der Waals surface area contributed by atoms with Crippen molar-refractivity contribution in [1.82, 2.24) is 5.32 Å². The molecule has 7 atom stereocenters. The van der Waals surface area contributed by atoms with Crippen LogP contribution < -0.4 is 10.2 Å². The van der Waals surface area contributed by atoms with Gasteiger partial charge in [-0.25, -0.2) is 0 Å². The molecular weight excluding hydrogens is 476 g/mol. The molecule has 0 saturated heterocycles. The summed E-state index contributed by atoms with van der Waals surface area (Å²) in [5.74, 6) is 1.40. The Morgan fingerprint density at radius 1 is 1.08 bits per heavy atom. The van der Waals surface area contributed by atoms with E-state index in [4.69, 9.17) is 0 Å². The van der Waals surface area contributed by atoms with Gasteiger partial charge in [0.15, 0.2) is 0 Å². The molecule has 4 aliphatic carbocycles. The number of carbonyl (C=O) groups is 2. The Kier molecular flexibility index (Phi) is 6.95. The van der Waals surface area contributed by atoms with Crippen molar-refractivity contribution < 1.29 is 19.8 Å². The molecule has 0 unspecified atom stereocenters. The normalized spacial score (nSPS) is 36.4. The predicted molar refractivity (Wildman–Crippen MR) is 150 cm³/mol. The first-order chi connectivity index (χ1) is 17.8. The van der Waals surface area contributed by atoms with Gasteiger partial charge < -0.3 is 20.4 Å². The minimum atomic E-state index is -0.397. The van der Waals surface area contributed by atoms with Gasteiger partial charge in [0.05, 0.1) is 6.10 Å². The van der Waals surface area contributed by atoms with Crippen LogP contribution in [0.25, 0.3) is 0 Å². The van der Waals surface area contributed by atoms with Gasteiger partial charge in [0, 0.05) is 23.2 Å². The third-order valence-corrected chi connectivity index (χ3v) is 10.6. The topological polar surface area (TPSA) is 89.9 Å². The fourth-order valence-electron chi connectivity index (χ4n) is 8.79. The molecule has 1 aromatic carbocycles. The van der Waals surface area contributed by atoms with E-state index in [0.29, 0.717) is 23.4 Å². The van der Waals surface area contributed by atoms with Crippen LogP contribution in [-0.4, -0.2) is 40.2 Å². The van der Waals surface area contributed by atoms with Crippen LogP contribution in [0.5, 0.6) is 5.75 Å². The number of rotatable bonds is 4. The Bertz CT molecular complexity index is 1120. The third kappa shape index (κ3) is 4.78. The first kappa shape index (κ1) is 27.2. The van der Waals surface area contributed by atoms with Crippen molar-refractivity contribution in [1.29, 1.82) is 0 Å². The van der Waals surface area contributed by atoms with Gasteiger partial charge in [-0.15, -0.1) is 0 Å². The Hall–Kier alpha value is -2.34. The van der Waals surface area contributed by atoms with Gasteiger partial charge in [0.25, 0.3) is 0 Å². The lowest BCUT2D eigenvalue weighted by Gasteiger charge is -2.58. The number of phenols is 1. The molecule has 38 heavy (non-hydrogen) atoms. The van der Waals surface area contributed by atoms with Crippen LogP contribution in [0.15, 0.2) is 35.9 Å². The number of hydrogen-bond donors (Lipinski definition) is 3. The Balaban J connectivity index is 1.41. The predicted octanol–water partition coefficient (Wildman–Crippen LogP) is 5.58. The van der Waals surface area contributed by atoms with Crippen molar-refractivity contribution in [2.24, 2.45) is 34.5 Å². The van der Waals surface area contributed by atoms with E-state index >= 15 is 0 Å². The summed E-state index contributed by atoms with van der Waals surface area (Å²) in [6, 6.07) is 6.70. The maximum absolute atomic E-state index is 14.3. The number of aromatic hydroxyl groups is 1. The Morgan fingerprint density at radius 3 is 2.55 bits per heavy atom. The number of aliphatic hydroxyl groups excluding tert-OH is 1. The molecule has 208 valence electrons. The van der Waals surface area contributed by atoms with Gasteiger partial charge in [0.1, 0.15) is 12.3 Å². The second-order valence-electron chi connectivity index (χ2n) is 14.1. The van der Waals surface area contributed by atoms with Gasteiger partial charge in [-0.05, 0) is 113 Å². The highest BCUT2D eigenvalue weighted by Gasteiger charge is 2.60. The van der Waals surface area contributed by atoms with E-state index in [1.165, 1.54) is 5.57 Å². The molecule has 4 aliphatic rings. The number of carbonyl (C=O) groups excluding carboxylic acids is 2. The van der Waals surface area contributed by atoms with Crippen molar-refractivity contribution in [2.45, 2.75) is 97.6 Å². The van der Waals surface area contributed by atoms with E-state index in [-0.39, 0.29) is 47.0 Å². The first-order valence-electron chi connectivity index (χ1n) is 14.6. The molecule has 0 aliphatic heterocycles. The minimum Gasteiger partial charge on any atom is -0.508 e. The molecule has 5 rings (SSSR count). The van der Waals surface area contributed by atoms with E-state index in [0.717, 1.165) is 51.4 Å². The number of fused-ring (bicyclic) bond motifs is 5. The number of hydrogen-bond acceptors (Lipinski definition) is 4.